The topological polar surface area (TPSA) is 121 Å². The second kappa shape index (κ2) is 6.21. The highest BCUT2D eigenvalue weighted by Crippen LogP contribution is 2.19. The molecule has 8 nitrogen and oxygen atoms in total. The van der Waals surface area contributed by atoms with E-state index in [1.165, 1.54) is 18.2 Å². The summed E-state index contributed by atoms with van der Waals surface area (Å²) in [5.74, 6) is -0.439. The van der Waals surface area contributed by atoms with Gasteiger partial charge in [-0.3, -0.25) is 14.9 Å². The molecule has 8 heteroatoms. The van der Waals surface area contributed by atoms with Crippen molar-refractivity contribution in [3.63, 3.8) is 0 Å². The predicted molar refractivity (Wildman–Crippen MR) is 89.7 cm³/mol. The second-order valence-electron chi connectivity index (χ2n) is 4.98. The molecule has 0 saturated carbocycles. The molecule has 1 heterocycles. The number of nitro benzene ring substituents is 1. The van der Waals surface area contributed by atoms with Gasteiger partial charge in [0.2, 0.25) is 5.91 Å². The van der Waals surface area contributed by atoms with Crippen LogP contribution in [0.5, 0.6) is 0 Å². The van der Waals surface area contributed by atoms with E-state index in [2.05, 4.69) is 15.3 Å². The average Bonchev–Trinajstić information content (AvgIpc) is 2.92. The lowest BCUT2D eigenvalue weighted by Crippen LogP contribution is -2.07. The van der Waals surface area contributed by atoms with Gasteiger partial charge in [0.05, 0.1) is 21.5 Å². The lowest BCUT2D eigenvalue weighted by Gasteiger charge is -2.02. The summed E-state index contributed by atoms with van der Waals surface area (Å²) in [6, 6.07) is 11.1. The van der Waals surface area contributed by atoms with Crippen molar-refractivity contribution in [2.24, 2.45) is 0 Å². The molecule has 0 aliphatic carbocycles. The Bertz CT molecular complexity index is 1020. The van der Waals surface area contributed by atoms with Crippen molar-refractivity contribution in [2.45, 2.75) is 0 Å². The van der Waals surface area contributed by atoms with Crippen LogP contribution in [0.1, 0.15) is 5.56 Å². The van der Waals surface area contributed by atoms with Crippen molar-refractivity contribution >= 4 is 34.4 Å². The van der Waals surface area contributed by atoms with E-state index in [1.807, 2.05) is 0 Å². The van der Waals surface area contributed by atoms with E-state index in [4.69, 9.17) is 0 Å². The van der Waals surface area contributed by atoms with Gasteiger partial charge in [-0.15, -0.1) is 0 Å². The number of amides is 1. The number of hydrogen-bond acceptors (Lipinski definition) is 4. The standard InChI is InChI=1S/C16H12N4O4/c21-15(8-5-10-3-1-2-4-14(10)20(23)24)17-11-6-7-12-13(9-11)19-16(22)18-12/h1-9H,(H,17,21)(H2,18,19,22)/b8-5+. The van der Waals surface area contributed by atoms with Crippen molar-refractivity contribution < 1.29 is 9.72 Å². The largest absolute Gasteiger partial charge is 0.323 e. The monoisotopic (exact) mass is 324 g/mol. The van der Waals surface area contributed by atoms with Gasteiger partial charge in [-0.2, -0.15) is 0 Å². The van der Waals surface area contributed by atoms with Crippen LogP contribution < -0.4 is 11.0 Å². The van der Waals surface area contributed by atoms with Gasteiger partial charge in [0.25, 0.3) is 5.69 Å². The summed E-state index contributed by atoms with van der Waals surface area (Å²) in [6.07, 6.45) is 2.59. The molecule has 24 heavy (non-hydrogen) atoms. The van der Waals surface area contributed by atoms with E-state index in [0.717, 1.165) is 0 Å². The third-order valence-electron chi connectivity index (χ3n) is 3.33. The zero-order chi connectivity index (χ0) is 17.1. The van der Waals surface area contributed by atoms with Gasteiger partial charge in [0.15, 0.2) is 0 Å². The lowest BCUT2D eigenvalue weighted by atomic mass is 10.1. The fourth-order valence-corrected chi connectivity index (χ4v) is 2.25. The first-order valence-electron chi connectivity index (χ1n) is 6.97. The number of anilines is 1. The van der Waals surface area contributed by atoms with Crippen molar-refractivity contribution in [3.05, 3.63) is 74.7 Å². The SMILES string of the molecule is O=C(/C=C/c1ccccc1[N+](=O)[O-])Nc1ccc2[nH]c(=O)[nH]c2c1. The lowest BCUT2D eigenvalue weighted by molar-refractivity contribution is -0.385. The molecule has 2 aromatic carbocycles. The van der Waals surface area contributed by atoms with Gasteiger partial charge in [-0.25, -0.2) is 4.79 Å². The highest BCUT2D eigenvalue weighted by atomic mass is 16.6. The minimum Gasteiger partial charge on any atom is -0.322 e. The number of hydrogen-bond donors (Lipinski definition) is 3. The first kappa shape index (κ1) is 15.2. The number of imidazole rings is 1. The zero-order valence-corrected chi connectivity index (χ0v) is 12.3. The molecule has 0 fully saturated rings. The van der Waals surface area contributed by atoms with Crippen LogP contribution in [0.15, 0.2) is 53.3 Å². The Morgan fingerprint density at radius 2 is 1.88 bits per heavy atom. The van der Waals surface area contributed by atoms with Crippen LogP contribution >= 0.6 is 0 Å². The molecule has 0 unspecified atom stereocenters. The van der Waals surface area contributed by atoms with E-state index in [1.54, 1.807) is 36.4 Å². The van der Waals surface area contributed by atoms with Crippen LogP contribution in [-0.4, -0.2) is 20.8 Å². The Hall–Kier alpha value is -3.68. The first-order valence-corrected chi connectivity index (χ1v) is 6.97. The number of nitrogens with zero attached hydrogens (tertiary/aromatic N) is 1. The summed E-state index contributed by atoms with van der Waals surface area (Å²) in [5.41, 5.74) is 1.63. The number of aromatic amines is 2. The van der Waals surface area contributed by atoms with Crippen molar-refractivity contribution in [2.75, 3.05) is 5.32 Å². The normalized spacial score (nSPS) is 11.0. The van der Waals surface area contributed by atoms with Crippen molar-refractivity contribution in [3.8, 4) is 0 Å². The molecule has 0 atom stereocenters. The summed E-state index contributed by atoms with van der Waals surface area (Å²) in [5, 5.41) is 13.6. The van der Waals surface area contributed by atoms with Gasteiger partial charge in [0, 0.05) is 17.8 Å². The molecule has 0 bridgehead atoms. The Morgan fingerprint density at radius 1 is 1.12 bits per heavy atom. The number of nitrogens with one attached hydrogen (secondary N) is 3. The fourth-order valence-electron chi connectivity index (χ4n) is 2.25. The fraction of sp³-hybridized carbons (Fsp3) is 0. The molecular formula is C16H12N4O4. The molecule has 0 radical (unpaired) electrons. The molecule has 3 rings (SSSR count). The van der Waals surface area contributed by atoms with E-state index >= 15 is 0 Å². The van der Waals surface area contributed by atoms with Gasteiger partial charge in [-0.1, -0.05) is 12.1 Å². The summed E-state index contributed by atoms with van der Waals surface area (Å²) >= 11 is 0. The van der Waals surface area contributed by atoms with Crippen LogP contribution in [-0.2, 0) is 4.79 Å². The third kappa shape index (κ3) is 3.22. The number of rotatable bonds is 4. The Kier molecular flexibility index (Phi) is 3.94. The highest BCUT2D eigenvalue weighted by Gasteiger charge is 2.10. The van der Waals surface area contributed by atoms with Crippen LogP contribution in [0, 0.1) is 10.1 Å². The van der Waals surface area contributed by atoms with Gasteiger partial charge >= 0.3 is 5.69 Å². The van der Waals surface area contributed by atoms with Crippen molar-refractivity contribution in [1.29, 1.82) is 0 Å². The quantitative estimate of drug-likeness (QED) is 0.387. The number of aromatic nitrogens is 2. The maximum absolute atomic E-state index is 12.0. The number of fused-ring (bicyclic) bond motifs is 1. The third-order valence-corrected chi connectivity index (χ3v) is 3.33. The number of carbonyl (C=O) groups is 1. The molecule has 120 valence electrons. The molecule has 0 spiro atoms. The molecule has 3 aromatic rings. The van der Waals surface area contributed by atoms with Crippen LogP contribution in [0.2, 0.25) is 0 Å². The van der Waals surface area contributed by atoms with Crippen LogP contribution in [0.3, 0.4) is 0 Å². The summed E-state index contributed by atoms with van der Waals surface area (Å²) in [4.78, 5) is 38.8. The average molecular weight is 324 g/mol. The number of nitro groups is 1. The molecule has 1 amide bonds. The zero-order valence-electron chi connectivity index (χ0n) is 12.3. The van der Waals surface area contributed by atoms with Gasteiger partial charge in [-0.05, 0) is 30.3 Å². The molecule has 0 saturated heterocycles. The maximum Gasteiger partial charge on any atom is 0.323 e. The minimum atomic E-state index is -0.506. The summed E-state index contributed by atoms with van der Waals surface area (Å²) in [7, 11) is 0. The molecule has 0 aliphatic rings. The first-order chi connectivity index (χ1) is 11.5. The summed E-state index contributed by atoms with van der Waals surface area (Å²) in [6.45, 7) is 0. The van der Waals surface area contributed by atoms with E-state index in [0.29, 0.717) is 22.3 Å². The molecular weight excluding hydrogens is 312 g/mol. The van der Waals surface area contributed by atoms with E-state index < -0.39 is 10.8 Å². The number of benzene rings is 2. The second-order valence-corrected chi connectivity index (χ2v) is 4.98. The predicted octanol–water partition coefficient (Wildman–Crippen LogP) is 2.42. The van der Waals surface area contributed by atoms with E-state index in [-0.39, 0.29) is 11.4 Å². The van der Waals surface area contributed by atoms with Crippen LogP contribution in [0.4, 0.5) is 11.4 Å². The molecule has 3 N–H and O–H groups in total. The number of carbonyl (C=O) groups excluding carboxylic acids is 1. The van der Waals surface area contributed by atoms with Gasteiger partial charge in [0.1, 0.15) is 0 Å². The molecule has 0 aliphatic heterocycles. The Balaban J connectivity index is 1.77. The van der Waals surface area contributed by atoms with E-state index in [9.17, 15) is 19.7 Å². The Labute approximate surface area is 135 Å². The highest BCUT2D eigenvalue weighted by molar-refractivity contribution is 6.03. The summed E-state index contributed by atoms with van der Waals surface area (Å²) < 4.78 is 0. The van der Waals surface area contributed by atoms with Gasteiger partial charge < -0.3 is 15.3 Å². The smallest absolute Gasteiger partial charge is 0.322 e. The van der Waals surface area contributed by atoms with Crippen LogP contribution in [0.25, 0.3) is 17.1 Å². The molecule has 1 aromatic heterocycles. The number of para-hydroxylation sites is 1. The number of H-pyrrole nitrogens is 2. The maximum atomic E-state index is 12.0. The van der Waals surface area contributed by atoms with Crippen molar-refractivity contribution in [1.82, 2.24) is 9.97 Å². The minimum absolute atomic E-state index is 0.0760. The Morgan fingerprint density at radius 3 is 2.67 bits per heavy atom.